The zero-order chi connectivity index (χ0) is 10.8. The van der Waals surface area contributed by atoms with Crippen molar-refractivity contribution in [2.75, 3.05) is 0 Å². The van der Waals surface area contributed by atoms with Crippen LogP contribution in [0.25, 0.3) is 0 Å². The quantitative estimate of drug-likeness (QED) is 0.630. The monoisotopic (exact) mass is 182 g/mol. The molecular weight excluding hydrogens is 162 g/mol. The van der Waals surface area contributed by atoms with Gasteiger partial charge in [0.1, 0.15) is 6.71 Å². The molecule has 0 radical (unpaired) electrons. The molecule has 72 valence electrons. The summed E-state index contributed by atoms with van der Waals surface area (Å²) >= 11 is 2.08. The fourth-order valence-electron chi connectivity index (χ4n) is 1.40. The second kappa shape index (κ2) is 9.44. The first-order valence-corrected chi connectivity index (χ1v) is 5.76. The van der Waals surface area contributed by atoms with Crippen LogP contribution in [0, 0.1) is 0 Å². The first-order chi connectivity index (χ1) is 6.74. The van der Waals surface area contributed by atoms with Crippen LogP contribution in [0.1, 0.15) is 20.8 Å². The van der Waals surface area contributed by atoms with Gasteiger partial charge in [0.25, 0.3) is 0 Å². The van der Waals surface area contributed by atoms with Crippen LogP contribution >= 0.6 is 0 Å². The van der Waals surface area contributed by atoms with Crippen LogP contribution in [-0.2, 0) is 0 Å². The summed E-state index contributed by atoms with van der Waals surface area (Å²) in [5.41, 5.74) is 0. The third kappa shape index (κ3) is 7.30. The molecule has 1 aromatic rings. The van der Waals surface area contributed by atoms with Gasteiger partial charge in [0.05, 0.1) is 0 Å². The van der Waals surface area contributed by atoms with Crippen molar-refractivity contribution in [3.05, 3.63) is 30.3 Å². The SMILES string of the molecule is CCB(CC)CC.[Li][c]1ccccc1. The maximum atomic E-state index is 2.26. The van der Waals surface area contributed by atoms with E-state index in [0.717, 1.165) is 6.71 Å². The van der Waals surface area contributed by atoms with Crippen molar-refractivity contribution in [1.82, 2.24) is 0 Å². The third-order valence-corrected chi connectivity index (χ3v) is 2.67. The summed E-state index contributed by atoms with van der Waals surface area (Å²) in [7, 11) is 0. The molecule has 0 fully saturated rings. The van der Waals surface area contributed by atoms with Crippen molar-refractivity contribution in [1.29, 1.82) is 0 Å². The maximum absolute atomic E-state index is 2.26. The molecule has 1 rings (SSSR count). The summed E-state index contributed by atoms with van der Waals surface area (Å²) in [5, 5.41) is 0. The van der Waals surface area contributed by atoms with Crippen LogP contribution in [0.15, 0.2) is 30.3 Å². The standard InChI is InChI=1S/C6H15B.C6H5.Li/c1-4-7(5-2)6-3;1-2-4-6-5-3-1;/h4-6H2,1-3H3;1-5H;. The molecule has 14 heavy (non-hydrogen) atoms. The second-order valence-electron chi connectivity index (χ2n) is 3.75. The average Bonchev–Trinajstić information content (AvgIpc) is 2.22. The molecule has 0 nitrogen and oxygen atoms in total. The summed E-state index contributed by atoms with van der Waals surface area (Å²) in [6, 6.07) is 10.3. The van der Waals surface area contributed by atoms with E-state index in [-0.39, 0.29) is 0 Å². The van der Waals surface area contributed by atoms with E-state index in [9.17, 15) is 0 Å². The molecule has 0 heterocycles. The van der Waals surface area contributed by atoms with Crippen molar-refractivity contribution in [2.24, 2.45) is 0 Å². The molecule has 0 atom stereocenters. The molecule has 0 aliphatic rings. The normalized spacial score (nSPS) is 8.93. The molecule has 0 bridgehead atoms. The van der Waals surface area contributed by atoms with Gasteiger partial charge in [-0.05, 0) is 0 Å². The minimum absolute atomic E-state index is 0.986. The summed E-state index contributed by atoms with van der Waals surface area (Å²) in [6.07, 6.45) is 4.06. The molecule has 0 saturated carbocycles. The van der Waals surface area contributed by atoms with Gasteiger partial charge in [-0.15, -0.1) is 0 Å². The van der Waals surface area contributed by atoms with Gasteiger partial charge >= 0.3 is 52.3 Å². The Bertz CT molecular complexity index is 201. The van der Waals surface area contributed by atoms with Gasteiger partial charge in [0.2, 0.25) is 0 Å². The van der Waals surface area contributed by atoms with Crippen LogP contribution < -0.4 is 4.24 Å². The van der Waals surface area contributed by atoms with Crippen molar-refractivity contribution in [2.45, 2.75) is 39.7 Å². The van der Waals surface area contributed by atoms with E-state index in [1.807, 2.05) is 18.2 Å². The van der Waals surface area contributed by atoms with Crippen molar-refractivity contribution < 1.29 is 0 Å². The van der Waals surface area contributed by atoms with Crippen LogP contribution in [0.4, 0.5) is 0 Å². The first-order valence-electron chi connectivity index (χ1n) is 5.76. The van der Waals surface area contributed by atoms with E-state index in [1.165, 1.54) is 23.2 Å². The second-order valence-corrected chi connectivity index (χ2v) is 3.75. The summed E-state index contributed by atoms with van der Waals surface area (Å²) in [5.74, 6) is 0. The average molecular weight is 182 g/mol. The van der Waals surface area contributed by atoms with Crippen LogP contribution in [0.3, 0.4) is 0 Å². The van der Waals surface area contributed by atoms with Gasteiger partial charge in [-0.2, -0.15) is 0 Å². The topological polar surface area (TPSA) is 0 Å². The molecule has 0 aliphatic carbocycles. The molecule has 0 aromatic heterocycles. The molecule has 0 spiro atoms. The van der Waals surface area contributed by atoms with E-state index in [1.54, 1.807) is 0 Å². The summed E-state index contributed by atoms with van der Waals surface area (Å²) in [6.45, 7) is 7.77. The Kier molecular flexibility index (Phi) is 9.36. The molecular formula is C12H20BLi. The molecule has 1 aromatic carbocycles. The molecule has 0 N–H and O–H groups in total. The van der Waals surface area contributed by atoms with E-state index in [2.05, 4.69) is 50.6 Å². The number of rotatable bonds is 3. The molecule has 2 heteroatoms. The van der Waals surface area contributed by atoms with Crippen molar-refractivity contribution >= 4 is 28.7 Å². The summed E-state index contributed by atoms with van der Waals surface area (Å²) in [4.78, 5) is 0. The van der Waals surface area contributed by atoms with Crippen LogP contribution in [0.2, 0.25) is 19.0 Å². The predicted octanol–water partition coefficient (Wildman–Crippen LogP) is 3.02. The third-order valence-electron chi connectivity index (χ3n) is 2.67. The molecule has 0 amide bonds. The predicted molar refractivity (Wildman–Crippen MR) is 69.0 cm³/mol. The molecule has 0 unspecified atom stereocenters. The Labute approximate surface area is 98.8 Å². The van der Waals surface area contributed by atoms with E-state index in [0.29, 0.717) is 0 Å². The number of hydrogen-bond donors (Lipinski definition) is 0. The Hall–Kier alpha value is -0.118. The van der Waals surface area contributed by atoms with E-state index >= 15 is 0 Å². The Morgan fingerprint density at radius 2 is 1.36 bits per heavy atom. The number of benzene rings is 1. The minimum atomic E-state index is 0.986. The fourth-order valence-corrected chi connectivity index (χ4v) is 1.40. The van der Waals surface area contributed by atoms with Gasteiger partial charge in [0.15, 0.2) is 0 Å². The van der Waals surface area contributed by atoms with Gasteiger partial charge < -0.3 is 0 Å². The van der Waals surface area contributed by atoms with Crippen LogP contribution in [0.5, 0.6) is 0 Å². The van der Waals surface area contributed by atoms with Gasteiger partial charge in [-0.1, -0.05) is 39.7 Å². The van der Waals surface area contributed by atoms with Gasteiger partial charge in [-0.3, -0.25) is 0 Å². The van der Waals surface area contributed by atoms with Gasteiger partial charge in [0, 0.05) is 0 Å². The fraction of sp³-hybridized carbons (Fsp3) is 0.500. The Balaban J connectivity index is 0.000000241. The van der Waals surface area contributed by atoms with Gasteiger partial charge in [-0.25, -0.2) is 0 Å². The van der Waals surface area contributed by atoms with Crippen molar-refractivity contribution in [3.8, 4) is 0 Å². The first kappa shape index (κ1) is 13.9. The summed E-state index contributed by atoms with van der Waals surface area (Å²) < 4.78 is 1.32. The van der Waals surface area contributed by atoms with E-state index < -0.39 is 0 Å². The van der Waals surface area contributed by atoms with Crippen molar-refractivity contribution in [3.63, 3.8) is 0 Å². The Morgan fingerprint density at radius 3 is 1.50 bits per heavy atom. The number of hydrogen-bond acceptors (Lipinski definition) is 0. The zero-order valence-electron chi connectivity index (χ0n) is 10.1. The van der Waals surface area contributed by atoms with E-state index in [4.69, 9.17) is 0 Å². The Morgan fingerprint density at radius 1 is 0.929 bits per heavy atom. The zero-order valence-corrected chi connectivity index (χ0v) is 10.1. The molecule has 0 aliphatic heterocycles. The molecule has 0 saturated heterocycles. The van der Waals surface area contributed by atoms with Crippen LogP contribution in [-0.4, -0.2) is 24.4 Å².